The monoisotopic (exact) mass is 386 g/mol. The topological polar surface area (TPSA) is 59.7 Å². The van der Waals surface area contributed by atoms with Crippen LogP contribution in [0.5, 0.6) is 0 Å². The predicted octanol–water partition coefficient (Wildman–Crippen LogP) is 3.24. The van der Waals surface area contributed by atoms with E-state index in [1.807, 2.05) is 24.0 Å². The smallest absolute Gasteiger partial charge is 0.377 e. The maximum absolute atomic E-state index is 14.1. The van der Waals surface area contributed by atoms with Crippen LogP contribution in [0, 0.1) is 6.92 Å². The van der Waals surface area contributed by atoms with Gasteiger partial charge < -0.3 is 9.64 Å². The Labute approximate surface area is 160 Å². The Morgan fingerprint density at radius 1 is 1.29 bits per heavy atom. The molecule has 1 aliphatic rings. The highest BCUT2D eigenvalue weighted by molar-refractivity contribution is 5.85. The summed E-state index contributed by atoms with van der Waals surface area (Å²) in [6, 6.07) is 10.8. The van der Waals surface area contributed by atoms with Crippen molar-refractivity contribution >= 4 is 17.3 Å². The van der Waals surface area contributed by atoms with Crippen molar-refractivity contribution in [3.8, 4) is 0 Å². The fraction of sp³-hybridized carbons (Fsp3) is 0.350. The molecular formula is C20H20F2N4O2. The van der Waals surface area contributed by atoms with E-state index in [0.29, 0.717) is 24.2 Å². The van der Waals surface area contributed by atoms with Gasteiger partial charge in [-0.1, -0.05) is 30.3 Å². The van der Waals surface area contributed by atoms with Gasteiger partial charge in [-0.25, -0.2) is 23.1 Å². The molecule has 146 valence electrons. The predicted molar refractivity (Wildman–Crippen MR) is 100 cm³/mol. The Bertz CT molecular complexity index is 1020. The standard InChI is InChI=1S/C20H20F2N4O2/c1-13-10-15(11-26-17(13)23-16(24-26)18(27)28-2)25-9-8-20(12-25,19(21)22)14-6-4-3-5-7-14/h3-7,10-11,19H,8-9,12H2,1-2H3/t20-/m0/s1. The molecule has 0 unspecified atom stereocenters. The summed E-state index contributed by atoms with van der Waals surface area (Å²) in [7, 11) is 1.27. The zero-order valence-corrected chi connectivity index (χ0v) is 15.6. The minimum Gasteiger partial charge on any atom is -0.463 e. The van der Waals surface area contributed by atoms with Crippen LogP contribution >= 0.6 is 0 Å². The molecule has 0 aliphatic carbocycles. The first kappa shape index (κ1) is 18.3. The molecule has 1 atom stereocenters. The summed E-state index contributed by atoms with van der Waals surface area (Å²) in [5.41, 5.74) is 1.55. The third-order valence-electron chi connectivity index (χ3n) is 5.40. The zero-order valence-electron chi connectivity index (χ0n) is 15.6. The van der Waals surface area contributed by atoms with E-state index in [2.05, 4.69) is 14.8 Å². The van der Waals surface area contributed by atoms with E-state index >= 15 is 0 Å². The highest BCUT2D eigenvalue weighted by atomic mass is 19.3. The normalized spacial score (nSPS) is 19.5. The molecule has 3 aromatic rings. The fourth-order valence-corrected chi connectivity index (χ4v) is 3.85. The molecule has 8 heteroatoms. The number of nitrogens with zero attached hydrogens (tertiary/aromatic N) is 4. The van der Waals surface area contributed by atoms with Gasteiger partial charge in [0.2, 0.25) is 6.43 Å². The number of aryl methyl sites for hydroxylation is 1. The van der Waals surface area contributed by atoms with Crippen molar-refractivity contribution in [1.82, 2.24) is 14.6 Å². The number of fused-ring (bicyclic) bond motifs is 1. The molecule has 1 aliphatic heterocycles. The minimum absolute atomic E-state index is 0.0321. The van der Waals surface area contributed by atoms with Gasteiger partial charge in [-0.05, 0) is 30.5 Å². The van der Waals surface area contributed by atoms with Crippen LogP contribution in [0.25, 0.3) is 5.65 Å². The number of rotatable bonds is 4. The van der Waals surface area contributed by atoms with Crippen molar-refractivity contribution in [2.24, 2.45) is 0 Å². The molecule has 2 aromatic heterocycles. The third kappa shape index (κ3) is 2.89. The van der Waals surface area contributed by atoms with Gasteiger partial charge in [-0.2, -0.15) is 0 Å². The third-order valence-corrected chi connectivity index (χ3v) is 5.40. The molecule has 1 saturated heterocycles. The van der Waals surface area contributed by atoms with E-state index in [0.717, 1.165) is 11.3 Å². The zero-order chi connectivity index (χ0) is 19.9. The molecule has 0 bridgehead atoms. The van der Waals surface area contributed by atoms with Crippen LogP contribution in [0.4, 0.5) is 14.5 Å². The maximum Gasteiger partial charge on any atom is 0.377 e. The van der Waals surface area contributed by atoms with Gasteiger partial charge in [0.15, 0.2) is 5.65 Å². The number of carbonyl (C=O) groups excluding carboxylic acids is 1. The van der Waals surface area contributed by atoms with Gasteiger partial charge in [0.05, 0.1) is 24.4 Å². The number of aromatic nitrogens is 3. The van der Waals surface area contributed by atoms with E-state index in [-0.39, 0.29) is 12.4 Å². The molecule has 0 saturated carbocycles. The number of halogens is 2. The molecule has 0 N–H and O–H groups in total. The second-order valence-corrected chi connectivity index (χ2v) is 7.07. The summed E-state index contributed by atoms with van der Waals surface area (Å²) in [5, 5.41) is 4.16. The molecule has 28 heavy (non-hydrogen) atoms. The summed E-state index contributed by atoms with van der Waals surface area (Å²) in [6.45, 7) is 2.56. The highest BCUT2D eigenvalue weighted by Crippen LogP contribution is 2.41. The van der Waals surface area contributed by atoms with E-state index in [1.165, 1.54) is 11.6 Å². The minimum atomic E-state index is -2.47. The molecule has 3 heterocycles. The number of methoxy groups -OCH3 is 1. The number of esters is 1. The summed E-state index contributed by atoms with van der Waals surface area (Å²) >= 11 is 0. The summed E-state index contributed by atoms with van der Waals surface area (Å²) < 4.78 is 34.4. The first-order valence-corrected chi connectivity index (χ1v) is 8.98. The molecule has 4 rings (SSSR count). The Kier molecular flexibility index (Phi) is 4.49. The largest absolute Gasteiger partial charge is 0.463 e. The highest BCUT2D eigenvalue weighted by Gasteiger charge is 2.47. The summed E-state index contributed by atoms with van der Waals surface area (Å²) in [5.74, 6) is -0.651. The second-order valence-electron chi connectivity index (χ2n) is 7.07. The summed E-state index contributed by atoms with van der Waals surface area (Å²) in [4.78, 5) is 17.8. The number of hydrogen-bond donors (Lipinski definition) is 0. The van der Waals surface area contributed by atoms with Crippen molar-refractivity contribution in [2.75, 3.05) is 25.1 Å². The lowest BCUT2D eigenvalue weighted by atomic mass is 9.80. The number of anilines is 1. The number of hydrogen-bond acceptors (Lipinski definition) is 5. The SMILES string of the molecule is COC(=O)c1nc2c(C)cc(N3CC[C@](c4ccccc4)(C(F)F)C3)cn2n1. The Morgan fingerprint density at radius 2 is 2.04 bits per heavy atom. The molecule has 1 aromatic carbocycles. The average Bonchev–Trinajstić information content (AvgIpc) is 3.34. The maximum atomic E-state index is 14.1. The van der Waals surface area contributed by atoms with Crippen molar-refractivity contribution in [3.05, 3.63) is 59.5 Å². The van der Waals surface area contributed by atoms with Crippen molar-refractivity contribution in [1.29, 1.82) is 0 Å². The lowest BCUT2D eigenvalue weighted by Gasteiger charge is -2.29. The lowest BCUT2D eigenvalue weighted by Crippen LogP contribution is -2.38. The molecule has 0 spiro atoms. The van der Waals surface area contributed by atoms with Crippen LogP contribution in [0.2, 0.25) is 0 Å². The van der Waals surface area contributed by atoms with E-state index in [1.54, 1.807) is 30.5 Å². The molecule has 6 nitrogen and oxygen atoms in total. The average molecular weight is 386 g/mol. The molecule has 0 amide bonds. The number of benzene rings is 1. The van der Waals surface area contributed by atoms with Crippen LogP contribution < -0.4 is 4.90 Å². The van der Waals surface area contributed by atoms with Crippen LogP contribution in [0.3, 0.4) is 0 Å². The summed E-state index contributed by atoms with van der Waals surface area (Å²) in [6.07, 6.45) is -0.396. The van der Waals surface area contributed by atoms with Gasteiger partial charge in [0.1, 0.15) is 0 Å². The molecule has 1 fully saturated rings. The van der Waals surface area contributed by atoms with Gasteiger partial charge in [-0.15, -0.1) is 5.10 Å². The number of pyridine rings is 1. The van der Waals surface area contributed by atoms with Crippen molar-refractivity contribution in [3.63, 3.8) is 0 Å². The first-order chi connectivity index (χ1) is 13.4. The number of alkyl halides is 2. The Balaban J connectivity index is 1.70. The van der Waals surface area contributed by atoms with E-state index in [9.17, 15) is 13.6 Å². The van der Waals surface area contributed by atoms with Crippen molar-refractivity contribution < 1.29 is 18.3 Å². The van der Waals surface area contributed by atoms with Crippen LogP contribution in [0.1, 0.15) is 28.2 Å². The second kappa shape index (κ2) is 6.85. The van der Waals surface area contributed by atoms with Crippen molar-refractivity contribution in [2.45, 2.75) is 25.2 Å². The Morgan fingerprint density at radius 3 is 2.71 bits per heavy atom. The van der Waals surface area contributed by atoms with E-state index < -0.39 is 17.8 Å². The Hall–Kier alpha value is -3.03. The quantitative estimate of drug-likeness (QED) is 0.645. The van der Waals surface area contributed by atoms with Gasteiger partial charge in [-0.3, -0.25) is 0 Å². The van der Waals surface area contributed by atoms with Gasteiger partial charge in [0.25, 0.3) is 5.82 Å². The number of carbonyl (C=O) groups is 1. The van der Waals surface area contributed by atoms with Crippen LogP contribution in [-0.4, -0.2) is 47.2 Å². The lowest BCUT2D eigenvalue weighted by molar-refractivity contribution is 0.0586. The van der Waals surface area contributed by atoms with Crippen LogP contribution in [-0.2, 0) is 10.2 Å². The van der Waals surface area contributed by atoms with Gasteiger partial charge >= 0.3 is 5.97 Å². The molecule has 0 radical (unpaired) electrons. The first-order valence-electron chi connectivity index (χ1n) is 8.98. The molecular weight excluding hydrogens is 366 g/mol. The van der Waals surface area contributed by atoms with E-state index in [4.69, 9.17) is 0 Å². The fourth-order valence-electron chi connectivity index (χ4n) is 3.85. The number of ether oxygens (including phenoxy) is 1. The van der Waals surface area contributed by atoms with Gasteiger partial charge in [0, 0.05) is 13.1 Å². The van der Waals surface area contributed by atoms with Crippen LogP contribution in [0.15, 0.2) is 42.6 Å².